The summed E-state index contributed by atoms with van der Waals surface area (Å²) in [6, 6.07) is 0. The molecule has 8 nitrogen and oxygen atoms in total. The zero-order chi connectivity index (χ0) is 19.0. The third kappa shape index (κ3) is 10.1. The van der Waals surface area contributed by atoms with E-state index in [9.17, 15) is 9.59 Å². The Balaban J connectivity index is 2.18. The van der Waals surface area contributed by atoms with Crippen LogP contribution in [0, 0.1) is 5.92 Å². The fourth-order valence-electron chi connectivity index (χ4n) is 2.88. The van der Waals surface area contributed by atoms with Crippen molar-refractivity contribution < 1.29 is 19.1 Å². The molecule has 1 saturated heterocycles. The molecule has 0 aromatic heterocycles. The molecule has 1 atom stereocenters. The summed E-state index contributed by atoms with van der Waals surface area (Å²) >= 11 is 0. The molecule has 0 saturated carbocycles. The molecule has 1 unspecified atom stereocenters. The largest absolute Gasteiger partial charge is 0.354 e. The van der Waals surface area contributed by atoms with Crippen LogP contribution in [-0.4, -0.2) is 57.5 Å². The molecular formula is C18H36N4O4. The molecule has 2 amide bonds. The molecule has 6 N–H and O–H groups in total. The molecular weight excluding hydrogens is 336 g/mol. The number of nitrogens with two attached hydrogens (primary N) is 2. The zero-order valence-corrected chi connectivity index (χ0v) is 15.8. The van der Waals surface area contributed by atoms with Crippen LogP contribution in [0.25, 0.3) is 0 Å². The summed E-state index contributed by atoms with van der Waals surface area (Å²) in [5.74, 6) is -1.20. The molecule has 0 aromatic rings. The van der Waals surface area contributed by atoms with Crippen LogP contribution in [0.4, 0.5) is 0 Å². The average Bonchev–Trinajstić information content (AvgIpc) is 2.67. The molecule has 0 aliphatic carbocycles. The highest BCUT2D eigenvalue weighted by Gasteiger charge is 2.25. The van der Waals surface area contributed by atoms with Crippen LogP contribution >= 0.6 is 0 Å². The third-order valence-electron chi connectivity index (χ3n) is 4.35. The number of unbranched alkanes of at least 4 members (excludes halogenated alkanes) is 3. The highest BCUT2D eigenvalue weighted by molar-refractivity contribution is 6.00. The molecule has 0 bridgehead atoms. The first-order chi connectivity index (χ1) is 12.7. The van der Waals surface area contributed by atoms with Crippen molar-refractivity contribution in [2.75, 3.05) is 39.4 Å². The van der Waals surface area contributed by atoms with Gasteiger partial charge in [0.25, 0.3) is 0 Å². The maximum Gasteiger partial charge on any atom is 0.232 e. The molecule has 0 aromatic carbocycles. The lowest BCUT2D eigenvalue weighted by Gasteiger charge is -2.22. The maximum atomic E-state index is 12.2. The fourth-order valence-corrected chi connectivity index (χ4v) is 2.88. The molecule has 1 aliphatic heterocycles. The summed E-state index contributed by atoms with van der Waals surface area (Å²) in [5.41, 5.74) is 10.8. The van der Waals surface area contributed by atoms with Crippen LogP contribution < -0.4 is 22.1 Å². The second kappa shape index (κ2) is 14.9. The lowest BCUT2D eigenvalue weighted by Crippen LogP contribution is -2.43. The quantitative estimate of drug-likeness (QED) is 0.255. The maximum absolute atomic E-state index is 12.2. The molecule has 26 heavy (non-hydrogen) atoms. The second-order valence-electron chi connectivity index (χ2n) is 6.58. The summed E-state index contributed by atoms with van der Waals surface area (Å²) in [6.45, 7) is 2.95. The first-order valence-corrected chi connectivity index (χ1v) is 9.87. The molecule has 1 fully saturated rings. The van der Waals surface area contributed by atoms with E-state index >= 15 is 0 Å². The van der Waals surface area contributed by atoms with Gasteiger partial charge < -0.3 is 31.6 Å². The van der Waals surface area contributed by atoms with E-state index in [0.29, 0.717) is 39.2 Å². The molecule has 1 rings (SSSR count). The van der Waals surface area contributed by atoms with Gasteiger partial charge in [0.15, 0.2) is 6.29 Å². The Morgan fingerprint density at radius 1 is 1.00 bits per heavy atom. The smallest absolute Gasteiger partial charge is 0.232 e. The highest BCUT2D eigenvalue weighted by atomic mass is 16.7. The normalized spacial score (nSPS) is 17.3. The number of nitrogens with one attached hydrogen (secondary N) is 2. The Hall–Kier alpha value is -1.22. The summed E-state index contributed by atoms with van der Waals surface area (Å²) in [7, 11) is 0. The van der Waals surface area contributed by atoms with Crippen molar-refractivity contribution in [2.24, 2.45) is 17.4 Å². The van der Waals surface area contributed by atoms with Crippen molar-refractivity contribution in [2.45, 2.75) is 57.7 Å². The number of hydrogen-bond acceptors (Lipinski definition) is 6. The fraction of sp³-hybridized carbons (Fsp3) is 0.889. The number of carbonyl (C=O) groups excluding carboxylic acids is 2. The van der Waals surface area contributed by atoms with Crippen LogP contribution in [-0.2, 0) is 19.1 Å². The highest BCUT2D eigenvalue weighted by Crippen LogP contribution is 2.15. The standard InChI is InChI=1S/C18H36N4O4/c19-9-11-21-17(23)15(18(24)22-12-10-20)7-3-1-2-5-13-25-16-8-4-6-14-26-16/h15-16H,1-14,19-20H2,(H,21,23)(H,22,24). The van der Waals surface area contributed by atoms with Crippen LogP contribution in [0.15, 0.2) is 0 Å². The monoisotopic (exact) mass is 372 g/mol. The number of ether oxygens (including phenoxy) is 2. The van der Waals surface area contributed by atoms with Crippen molar-refractivity contribution in [3.05, 3.63) is 0 Å². The minimum absolute atomic E-state index is 0.0365. The number of amides is 2. The Morgan fingerprint density at radius 3 is 2.23 bits per heavy atom. The lowest BCUT2D eigenvalue weighted by atomic mass is 9.98. The van der Waals surface area contributed by atoms with Gasteiger partial charge in [-0.05, 0) is 32.1 Å². The Kier molecular flexibility index (Phi) is 13.1. The van der Waals surface area contributed by atoms with Crippen molar-refractivity contribution in [1.29, 1.82) is 0 Å². The van der Waals surface area contributed by atoms with E-state index in [1.165, 1.54) is 6.42 Å². The number of carbonyl (C=O) groups is 2. The van der Waals surface area contributed by atoms with Crippen LogP contribution in [0.1, 0.15) is 51.4 Å². The summed E-state index contributed by atoms with van der Waals surface area (Å²) < 4.78 is 11.2. The summed E-state index contributed by atoms with van der Waals surface area (Å²) in [6.07, 6.45) is 7.51. The molecule has 0 radical (unpaired) electrons. The average molecular weight is 373 g/mol. The topological polar surface area (TPSA) is 129 Å². The predicted octanol–water partition coefficient (Wildman–Crippen LogP) is 0.246. The molecule has 0 spiro atoms. The van der Waals surface area contributed by atoms with E-state index in [4.69, 9.17) is 20.9 Å². The van der Waals surface area contributed by atoms with E-state index in [1.54, 1.807) is 0 Å². The van der Waals surface area contributed by atoms with Gasteiger partial charge in [-0.2, -0.15) is 0 Å². The molecule has 152 valence electrons. The van der Waals surface area contributed by atoms with Gasteiger partial charge in [-0.1, -0.05) is 19.3 Å². The Bertz CT molecular complexity index is 369. The van der Waals surface area contributed by atoms with E-state index in [0.717, 1.165) is 45.1 Å². The Morgan fingerprint density at radius 2 is 1.65 bits per heavy atom. The SMILES string of the molecule is NCCNC(=O)C(CCCCCCOC1CCCCO1)C(=O)NCCN. The van der Waals surface area contributed by atoms with Gasteiger partial charge in [0.2, 0.25) is 11.8 Å². The van der Waals surface area contributed by atoms with Gasteiger partial charge >= 0.3 is 0 Å². The molecule has 1 heterocycles. The van der Waals surface area contributed by atoms with Gasteiger partial charge in [0, 0.05) is 39.4 Å². The van der Waals surface area contributed by atoms with Crippen LogP contribution in [0.2, 0.25) is 0 Å². The van der Waals surface area contributed by atoms with E-state index in [1.807, 2.05) is 0 Å². The number of hydrogen-bond donors (Lipinski definition) is 4. The summed E-state index contributed by atoms with van der Waals surface area (Å²) in [4.78, 5) is 24.3. The van der Waals surface area contributed by atoms with Gasteiger partial charge in [-0.15, -0.1) is 0 Å². The van der Waals surface area contributed by atoms with Crippen molar-refractivity contribution in [3.63, 3.8) is 0 Å². The summed E-state index contributed by atoms with van der Waals surface area (Å²) in [5, 5.41) is 5.39. The van der Waals surface area contributed by atoms with Gasteiger partial charge in [-0.3, -0.25) is 9.59 Å². The first kappa shape index (κ1) is 22.8. The first-order valence-electron chi connectivity index (χ1n) is 9.87. The lowest BCUT2D eigenvalue weighted by molar-refractivity contribution is -0.162. The number of rotatable bonds is 14. The van der Waals surface area contributed by atoms with Crippen molar-refractivity contribution >= 4 is 11.8 Å². The molecule has 8 heteroatoms. The van der Waals surface area contributed by atoms with Gasteiger partial charge in [0.05, 0.1) is 0 Å². The van der Waals surface area contributed by atoms with Crippen molar-refractivity contribution in [1.82, 2.24) is 10.6 Å². The van der Waals surface area contributed by atoms with E-state index in [-0.39, 0.29) is 18.1 Å². The second-order valence-corrected chi connectivity index (χ2v) is 6.58. The molecule has 1 aliphatic rings. The van der Waals surface area contributed by atoms with Crippen molar-refractivity contribution in [3.8, 4) is 0 Å². The van der Waals surface area contributed by atoms with Crippen LogP contribution in [0.3, 0.4) is 0 Å². The minimum atomic E-state index is -0.681. The van der Waals surface area contributed by atoms with Gasteiger partial charge in [-0.25, -0.2) is 0 Å². The predicted molar refractivity (Wildman–Crippen MR) is 100 cm³/mol. The minimum Gasteiger partial charge on any atom is -0.354 e. The Labute approximate surface area is 156 Å². The van der Waals surface area contributed by atoms with E-state index in [2.05, 4.69) is 10.6 Å². The zero-order valence-electron chi connectivity index (χ0n) is 15.8. The van der Waals surface area contributed by atoms with E-state index < -0.39 is 5.92 Å². The van der Waals surface area contributed by atoms with Gasteiger partial charge in [0.1, 0.15) is 5.92 Å². The van der Waals surface area contributed by atoms with Crippen LogP contribution in [0.5, 0.6) is 0 Å². The third-order valence-corrected chi connectivity index (χ3v) is 4.35.